The monoisotopic (exact) mass is 162 g/mol. The highest BCUT2D eigenvalue weighted by molar-refractivity contribution is 5.34. The number of nitrogens with two attached hydrogens (primary N) is 1. The Labute approximate surface area is 74.6 Å². The Hall–Kier alpha value is -0.820. The summed E-state index contributed by atoms with van der Waals surface area (Å²) in [6.07, 6.45) is 2.15. The summed E-state index contributed by atoms with van der Waals surface area (Å²) in [5.74, 6) is 0. The first kappa shape index (κ1) is 9.27. The van der Waals surface area contributed by atoms with Crippen molar-refractivity contribution in [2.75, 3.05) is 0 Å². The fourth-order valence-electron chi connectivity index (χ4n) is 1.58. The molecule has 1 nitrogen and oxygen atoms in total. The average molecular weight is 162 g/mol. The van der Waals surface area contributed by atoms with Crippen LogP contribution < -0.4 is 5.73 Å². The molecule has 0 unspecified atom stereocenters. The van der Waals surface area contributed by atoms with Gasteiger partial charge in [-0.05, 0) is 41.7 Å². The summed E-state index contributed by atoms with van der Waals surface area (Å²) in [7, 11) is 0. The Kier molecular flexibility index (Phi) is 3.30. The highest BCUT2D eigenvalue weighted by Crippen LogP contribution is 2.15. The van der Waals surface area contributed by atoms with Crippen molar-refractivity contribution in [3.05, 3.63) is 34.9 Å². The van der Waals surface area contributed by atoms with Gasteiger partial charge in [0.15, 0.2) is 0 Å². The van der Waals surface area contributed by atoms with Crippen LogP contribution in [0.15, 0.2) is 12.1 Å². The van der Waals surface area contributed by atoms with Gasteiger partial charge < -0.3 is 5.73 Å². The van der Waals surface area contributed by atoms with Crippen molar-refractivity contribution in [3.63, 3.8) is 0 Å². The van der Waals surface area contributed by atoms with Gasteiger partial charge in [-0.1, -0.05) is 19.9 Å². The van der Waals surface area contributed by atoms with E-state index in [4.69, 9.17) is 5.73 Å². The van der Waals surface area contributed by atoms with Crippen LogP contribution in [0.4, 0.5) is 0 Å². The largest absolute Gasteiger partial charge is 0.326 e. The first-order valence-electron chi connectivity index (χ1n) is 4.54. The van der Waals surface area contributed by atoms with E-state index < -0.39 is 0 Å². The van der Waals surface area contributed by atoms with Crippen LogP contribution in [0.25, 0.3) is 0 Å². The third-order valence-corrected chi connectivity index (χ3v) is 2.24. The molecule has 1 aromatic carbocycles. The molecule has 0 saturated carbocycles. The number of hydrogen-bond acceptors (Lipinski definition) is 1. The van der Waals surface area contributed by atoms with Gasteiger partial charge in [0.25, 0.3) is 0 Å². The maximum atomic E-state index is 5.63. The van der Waals surface area contributed by atoms with Gasteiger partial charge >= 0.3 is 0 Å². The molecule has 2 N–H and O–H groups in total. The van der Waals surface area contributed by atoms with Crippen LogP contribution in [0.2, 0.25) is 0 Å². The van der Waals surface area contributed by atoms with E-state index in [2.05, 4.69) is 26.0 Å². The molecule has 1 radical (unpaired) electrons. The quantitative estimate of drug-likeness (QED) is 0.723. The molecule has 12 heavy (non-hydrogen) atoms. The first-order chi connectivity index (χ1) is 5.83. The van der Waals surface area contributed by atoms with Crippen LogP contribution in [-0.4, -0.2) is 0 Å². The molecule has 0 heterocycles. The van der Waals surface area contributed by atoms with Gasteiger partial charge in [0.05, 0.1) is 0 Å². The summed E-state index contributed by atoms with van der Waals surface area (Å²) in [4.78, 5) is 0. The van der Waals surface area contributed by atoms with Crippen LogP contribution in [0.3, 0.4) is 0 Å². The van der Waals surface area contributed by atoms with E-state index in [0.717, 1.165) is 12.8 Å². The topological polar surface area (TPSA) is 26.0 Å². The lowest BCUT2D eigenvalue weighted by atomic mass is 9.97. The molecule has 0 fully saturated rings. The Bertz CT molecular complexity index is 231. The van der Waals surface area contributed by atoms with Crippen LogP contribution >= 0.6 is 0 Å². The van der Waals surface area contributed by atoms with E-state index in [1.807, 2.05) is 6.07 Å². The van der Waals surface area contributed by atoms with Crippen LogP contribution in [0.5, 0.6) is 0 Å². The smallest absolute Gasteiger partial charge is 0.0181 e. The van der Waals surface area contributed by atoms with E-state index >= 15 is 0 Å². The van der Waals surface area contributed by atoms with Gasteiger partial charge in [-0.15, -0.1) is 0 Å². The van der Waals surface area contributed by atoms with Crippen molar-refractivity contribution in [1.29, 1.82) is 0 Å². The van der Waals surface area contributed by atoms with E-state index in [1.165, 1.54) is 16.7 Å². The summed E-state index contributed by atoms with van der Waals surface area (Å²) < 4.78 is 0. The molecule has 0 amide bonds. The number of hydrogen-bond donors (Lipinski definition) is 1. The number of aryl methyl sites for hydroxylation is 1. The van der Waals surface area contributed by atoms with Gasteiger partial charge in [-0.25, -0.2) is 0 Å². The second-order valence-electron chi connectivity index (χ2n) is 2.90. The summed E-state index contributed by atoms with van der Waals surface area (Å²) in [5, 5.41) is 0. The van der Waals surface area contributed by atoms with E-state index in [1.54, 1.807) is 0 Å². The second kappa shape index (κ2) is 4.27. The second-order valence-corrected chi connectivity index (χ2v) is 2.90. The van der Waals surface area contributed by atoms with Gasteiger partial charge in [-0.2, -0.15) is 0 Å². The lowest BCUT2D eigenvalue weighted by Crippen LogP contribution is -2.03. The van der Waals surface area contributed by atoms with Crippen molar-refractivity contribution in [1.82, 2.24) is 0 Å². The van der Waals surface area contributed by atoms with Crippen molar-refractivity contribution in [2.45, 2.75) is 33.2 Å². The Balaban J connectivity index is 3.13. The predicted molar refractivity (Wildman–Crippen MR) is 51.9 cm³/mol. The predicted octanol–water partition coefficient (Wildman–Crippen LogP) is 2.07. The molecule has 0 bridgehead atoms. The Morgan fingerprint density at radius 3 is 2.33 bits per heavy atom. The minimum absolute atomic E-state index is 0.632. The van der Waals surface area contributed by atoms with Gasteiger partial charge in [0.1, 0.15) is 0 Å². The third-order valence-electron chi connectivity index (χ3n) is 2.24. The van der Waals surface area contributed by atoms with Crippen molar-refractivity contribution in [2.24, 2.45) is 5.73 Å². The fraction of sp³-hybridized carbons (Fsp3) is 0.455. The Morgan fingerprint density at radius 2 is 1.83 bits per heavy atom. The highest BCUT2D eigenvalue weighted by Gasteiger charge is 2.02. The normalized spacial score (nSPS) is 10.2. The third kappa shape index (κ3) is 1.67. The van der Waals surface area contributed by atoms with Crippen molar-refractivity contribution < 1.29 is 0 Å². The number of rotatable bonds is 3. The molecular weight excluding hydrogens is 146 g/mol. The molecule has 1 aromatic rings. The van der Waals surface area contributed by atoms with Crippen LogP contribution in [-0.2, 0) is 19.4 Å². The van der Waals surface area contributed by atoms with E-state index in [-0.39, 0.29) is 0 Å². The Morgan fingerprint density at radius 1 is 1.17 bits per heavy atom. The minimum Gasteiger partial charge on any atom is -0.326 e. The maximum absolute atomic E-state index is 5.63. The van der Waals surface area contributed by atoms with Crippen molar-refractivity contribution >= 4 is 0 Å². The molecular formula is C11H16N. The fourth-order valence-corrected chi connectivity index (χ4v) is 1.58. The number of benzene rings is 1. The molecule has 1 heteroatoms. The maximum Gasteiger partial charge on any atom is 0.0181 e. The van der Waals surface area contributed by atoms with E-state index in [0.29, 0.717) is 6.54 Å². The zero-order chi connectivity index (χ0) is 8.97. The summed E-state index contributed by atoms with van der Waals surface area (Å²) >= 11 is 0. The average Bonchev–Trinajstić information content (AvgIpc) is 2.16. The summed E-state index contributed by atoms with van der Waals surface area (Å²) in [6.45, 7) is 4.98. The molecule has 0 aliphatic rings. The van der Waals surface area contributed by atoms with Crippen LogP contribution in [0, 0.1) is 6.07 Å². The molecule has 0 saturated heterocycles. The standard InChI is InChI=1S/C11H16N/c1-3-9-6-5-7-10(8-12)11(9)4-2/h6-7H,3-4,8,12H2,1-2H3. The molecule has 0 aliphatic heterocycles. The van der Waals surface area contributed by atoms with Gasteiger partial charge in [0, 0.05) is 6.54 Å². The lowest BCUT2D eigenvalue weighted by Gasteiger charge is -2.09. The highest BCUT2D eigenvalue weighted by atomic mass is 14.5. The minimum atomic E-state index is 0.632. The molecule has 0 atom stereocenters. The van der Waals surface area contributed by atoms with Crippen LogP contribution in [0.1, 0.15) is 30.5 Å². The summed E-state index contributed by atoms with van der Waals surface area (Å²) in [6, 6.07) is 7.19. The van der Waals surface area contributed by atoms with Gasteiger partial charge in [0.2, 0.25) is 0 Å². The molecule has 0 aromatic heterocycles. The SMILES string of the molecule is CCc1c[c]cc(CN)c1CC. The molecule has 0 spiro atoms. The zero-order valence-corrected chi connectivity index (χ0v) is 7.85. The first-order valence-corrected chi connectivity index (χ1v) is 4.54. The molecule has 0 aliphatic carbocycles. The lowest BCUT2D eigenvalue weighted by molar-refractivity contribution is 0.961. The van der Waals surface area contributed by atoms with E-state index in [9.17, 15) is 0 Å². The van der Waals surface area contributed by atoms with Gasteiger partial charge in [-0.3, -0.25) is 0 Å². The molecule has 65 valence electrons. The zero-order valence-electron chi connectivity index (χ0n) is 7.85. The van der Waals surface area contributed by atoms with Crippen molar-refractivity contribution in [3.8, 4) is 0 Å². The summed E-state index contributed by atoms with van der Waals surface area (Å²) in [5.41, 5.74) is 9.68. The molecule has 1 rings (SSSR count).